The summed E-state index contributed by atoms with van der Waals surface area (Å²) in [5.74, 6) is -4.74. The van der Waals surface area contributed by atoms with Crippen molar-refractivity contribution in [2.45, 2.75) is 50.2 Å². The molecule has 10 heteroatoms. The number of benzene rings is 1. The molecule has 5 atom stereocenters. The number of halogens is 3. The molecule has 3 aliphatic rings. The molecule has 4 N–H and O–H groups in total. The van der Waals surface area contributed by atoms with Crippen molar-refractivity contribution < 1.29 is 23.1 Å². The van der Waals surface area contributed by atoms with Gasteiger partial charge in [-0.05, 0) is 50.6 Å². The molecule has 1 saturated carbocycles. The minimum atomic E-state index is -3.27. The van der Waals surface area contributed by atoms with Crippen LogP contribution in [0.1, 0.15) is 36.9 Å². The molecule has 4 rings (SSSR count). The third-order valence-electron chi connectivity index (χ3n) is 6.19. The molecule has 5 unspecified atom stereocenters. The first-order valence-corrected chi connectivity index (χ1v) is 10.2. The van der Waals surface area contributed by atoms with Crippen LogP contribution in [-0.4, -0.2) is 60.1 Å². The van der Waals surface area contributed by atoms with Crippen LogP contribution in [-0.2, 0) is 10.7 Å². The van der Waals surface area contributed by atoms with Crippen molar-refractivity contribution in [3.63, 3.8) is 0 Å². The highest BCUT2D eigenvalue weighted by Gasteiger charge is 2.54. The summed E-state index contributed by atoms with van der Waals surface area (Å²) >= 11 is 0. The van der Waals surface area contributed by atoms with Gasteiger partial charge in [0.2, 0.25) is 5.91 Å². The zero-order valence-electron chi connectivity index (χ0n) is 17.2. The Morgan fingerprint density at radius 2 is 2.03 bits per heavy atom. The lowest BCUT2D eigenvalue weighted by Crippen LogP contribution is -2.68. The Labute approximate surface area is 173 Å². The fraction of sp³-hybridized carbons (Fsp3) is 0.650. The molecule has 1 aromatic carbocycles. The maximum atomic E-state index is 14.5. The largest absolute Gasteiger partial charge is 0.395 e. The van der Waals surface area contributed by atoms with Gasteiger partial charge < -0.3 is 10.4 Å². The SMILES string of the molecule is CN(C)C1NC(=O)C2C(CO)NN(C(c3ccc(C(C)(F)F)c(F)c3)C3CC3)C2N1. The second-order valence-electron chi connectivity index (χ2n) is 8.75. The van der Waals surface area contributed by atoms with Crippen molar-refractivity contribution in [2.75, 3.05) is 20.7 Å². The number of carbonyl (C=O) groups is 1. The lowest BCUT2D eigenvalue weighted by Gasteiger charge is -2.42. The molecule has 1 aliphatic carbocycles. The number of carbonyl (C=O) groups excluding carboxylic acids is 1. The van der Waals surface area contributed by atoms with Gasteiger partial charge in [0.1, 0.15) is 12.1 Å². The van der Waals surface area contributed by atoms with Crippen LogP contribution >= 0.6 is 0 Å². The Morgan fingerprint density at radius 1 is 1.33 bits per heavy atom. The third kappa shape index (κ3) is 3.82. The molecule has 0 bridgehead atoms. The Hall–Kier alpha value is -1.72. The number of aliphatic hydroxyl groups is 1. The molecule has 2 saturated heterocycles. The first-order valence-electron chi connectivity index (χ1n) is 10.2. The molecular weight excluding hydrogens is 399 g/mol. The summed E-state index contributed by atoms with van der Waals surface area (Å²) in [5.41, 5.74) is 3.16. The molecule has 30 heavy (non-hydrogen) atoms. The lowest BCUT2D eigenvalue weighted by molar-refractivity contribution is -0.134. The molecule has 1 amide bonds. The quantitative estimate of drug-likeness (QED) is 0.544. The highest BCUT2D eigenvalue weighted by Crippen LogP contribution is 2.47. The molecule has 2 aliphatic heterocycles. The van der Waals surface area contributed by atoms with Crippen molar-refractivity contribution in [3.8, 4) is 0 Å². The van der Waals surface area contributed by atoms with E-state index >= 15 is 0 Å². The topological polar surface area (TPSA) is 79.9 Å². The van der Waals surface area contributed by atoms with Gasteiger partial charge in [-0.25, -0.2) is 23.6 Å². The smallest absolute Gasteiger partial charge is 0.273 e. The van der Waals surface area contributed by atoms with Gasteiger partial charge in [-0.3, -0.25) is 15.0 Å². The zero-order valence-corrected chi connectivity index (χ0v) is 17.2. The number of amides is 1. The summed E-state index contributed by atoms with van der Waals surface area (Å²) in [4.78, 5) is 14.6. The van der Waals surface area contributed by atoms with E-state index in [-0.39, 0.29) is 24.5 Å². The van der Waals surface area contributed by atoms with E-state index in [0.29, 0.717) is 12.5 Å². The van der Waals surface area contributed by atoms with Crippen LogP contribution < -0.4 is 16.1 Å². The van der Waals surface area contributed by atoms with Crippen LogP contribution in [0.15, 0.2) is 18.2 Å². The molecule has 1 aromatic rings. The van der Waals surface area contributed by atoms with Crippen LogP contribution in [0.3, 0.4) is 0 Å². The molecule has 7 nitrogen and oxygen atoms in total. The van der Waals surface area contributed by atoms with Crippen molar-refractivity contribution in [1.82, 2.24) is 26.0 Å². The summed E-state index contributed by atoms with van der Waals surface area (Å²) in [5, 5.41) is 18.0. The number of rotatable bonds is 6. The monoisotopic (exact) mass is 427 g/mol. The summed E-state index contributed by atoms with van der Waals surface area (Å²) < 4.78 is 41.8. The van der Waals surface area contributed by atoms with Crippen molar-refractivity contribution in [2.24, 2.45) is 11.8 Å². The molecule has 0 spiro atoms. The number of nitrogens with one attached hydrogen (secondary N) is 3. The summed E-state index contributed by atoms with van der Waals surface area (Å²) in [6, 6.07) is 3.03. The van der Waals surface area contributed by atoms with E-state index in [4.69, 9.17) is 0 Å². The van der Waals surface area contributed by atoms with Crippen LogP contribution in [0.4, 0.5) is 13.2 Å². The lowest BCUT2D eigenvalue weighted by atomic mass is 9.94. The second kappa shape index (κ2) is 7.76. The molecule has 3 fully saturated rings. The number of aliphatic hydroxyl groups excluding tert-OH is 1. The van der Waals surface area contributed by atoms with Gasteiger partial charge in [0.05, 0.1) is 36.3 Å². The Morgan fingerprint density at radius 3 is 2.57 bits per heavy atom. The van der Waals surface area contributed by atoms with E-state index in [0.717, 1.165) is 18.9 Å². The van der Waals surface area contributed by atoms with E-state index in [2.05, 4.69) is 16.1 Å². The van der Waals surface area contributed by atoms with Crippen LogP contribution in [0.5, 0.6) is 0 Å². The highest BCUT2D eigenvalue weighted by molar-refractivity contribution is 5.81. The van der Waals surface area contributed by atoms with Crippen LogP contribution in [0, 0.1) is 17.7 Å². The normalized spacial score (nSPS) is 31.0. The number of nitrogens with zero attached hydrogens (tertiary/aromatic N) is 2. The maximum absolute atomic E-state index is 14.5. The highest BCUT2D eigenvalue weighted by atomic mass is 19.3. The first-order chi connectivity index (χ1) is 14.1. The van der Waals surface area contributed by atoms with Gasteiger partial charge in [0.25, 0.3) is 5.92 Å². The second-order valence-corrected chi connectivity index (χ2v) is 8.75. The fourth-order valence-electron chi connectivity index (χ4n) is 4.52. The van der Waals surface area contributed by atoms with Crippen LogP contribution in [0.25, 0.3) is 0 Å². The standard InChI is InChI=1S/C20H28F3N5O2/c1-20(22,23)12-7-6-11(8-13(12)21)16(10-4-5-10)28-17-15(14(9-29)26-28)18(30)25-19(24-17)27(2)3/h6-8,10,14-17,19,24,26,29H,4-5,9H2,1-3H3,(H,25,30). The predicted octanol–water partition coefficient (Wildman–Crippen LogP) is 1.08. The third-order valence-corrected chi connectivity index (χ3v) is 6.19. The minimum absolute atomic E-state index is 0.187. The number of hydrogen-bond donors (Lipinski definition) is 4. The van der Waals surface area contributed by atoms with Crippen molar-refractivity contribution >= 4 is 5.91 Å². The Bertz CT molecular complexity index is 814. The fourth-order valence-corrected chi connectivity index (χ4v) is 4.52. The molecule has 0 aromatic heterocycles. The summed E-state index contributed by atoms with van der Waals surface area (Å²) in [6.45, 7) is 0.431. The molecule has 166 valence electrons. The molecule has 2 heterocycles. The van der Waals surface area contributed by atoms with Gasteiger partial charge in [-0.2, -0.15) is 0 Å². The average Bonchev–Trinajstić information content (AvgIpc) is 3.42. The van der Waals surface area contributed by atoms with Gasteiger partial charge >= 0.3 is 0 Å². The summed E-state index contributed by atoms with van der Waals surface area (Å²) in [6.07, 6.45) is 0.990. The number of fused-ring (bicyclic) bond motifs is 1. The van der Waals surface area contributed by atoms with Gasteiger partial charge in [-0.1, -0.05) is 6.07 Å². The van der Waals surface area contributed by atoms with Crippen molar-refractivity contribution in [3.05, 3.63) is 35.1 Å². The first kappa shape index (κ1) is 21.5. The minimum Gasteiger partial charge on any atom is -0.395 e. The maximum Gasteiger partial charge on any atom is 0.273 e. The zero-order chi connectivity index (χ0) is 21.8. The van der Waals surface area contributed by atoms with Crippen molar-refractivity contribution in [1.29, 1.82) is 0 Å². The number of hydrogen-bond acceptors (Lipinski definition) is 6. The van der Waals surface area contributed by atoms with Gasteiger partial charge in [0.15, 0.2) is 0 Å². The summed E-state index contributed by atoms with van der Waals surface area (Å²) in [7, 11) is 3.65. The van der Waals surface area contributed by atoms with Gasteiger partial charge in [0, 0.05) is 6.92 Å². The van der Waals surface area contributed by atoms with Gasteiger partial charge in [-0.15, -0.1) is 0 Å². The number of hydrazine groups is 1. The van der Waals surface area contributed by atoms with E-state index < -0.39 is 41.7 Å². The van der Waals surface area contributed by atoms with E-state index in [9.17, 15) is 23.1 Å². The number of alkyl halides is 2. The van der Waals surface area contributed by atoms with E-state index in [1.165, 1.54) is 12.1 Å². The molecule has 0 radical (unpaired) electrons. The van der Waals surface area contributed by atoms with E-state index in [1.807, 2.05) is 24.0 Å². The van der Waals surface area contributed by atoms with Crippen LogP contribution in [0.2, 0.25) is 0 Å². The predicted molar refractivity (Wildman–Crippen MR) is 103 cm³/mol. The van der Waals surface area contributed by atoms with E-state index in [1.54, 1.807) is 0 Å². The Balaban J connectivity index is 1.69. The average molecular weight is 427 g/mol. The Kier molecular flexibility index (Phi) is 5.56. The molecular formula is C20H28F3N5O2.